The average Bonchev–Trinajstić information content (AvgIpc) is 2.50. The zero-order chi connectivity index (χ0) is 15.2. The van der Waals surface area contributed by atoms with Gasteiger partial charge in [0.15, 0.2) is 11.6 Å². The Kier molecular flexibility index (Phi) is 5.28. The molecule has 0 bridgehead atoms. The Bertz CT molecular complexity index is 601. The van der Waals surface area contributed by atoms with Crippen LogP contribution in [0.25, 0.3) is 0 Å². The molecule has 0 saturated carbocycles. The van der Waals surface area contributed by atoms with E-state index >= 15 is 0 Å². The highest BCUT2D eigenvalue weighted by atomic mass is 19.1. The Morgan fingerprint density at radius 3 is 2.52 bits per heavy atom. The van der Waals surface area contributed by atoms with Crippen LogP contribution in [0.2, 0.25) is 0 Å². The lowest BCUT2D eigenvalue weighted by atomic mass is 9.97. The average molecular weight is 291 g/mol. The van der Waals surface area contributed by atoms with Crippen molar-refractivity contribution < 1.29 is 13.5 Å². The molecule has 2 aromatic carbocycles. The standard InChI is InChI=1S/C17H19F2NO/c1-3-10-20-17(13-6-4-5-7-14(13)18)12-8-9-15(19)16(11-12)21-2/h4-9,11,17,20H,3,10H2,1-2H3. The number of hydrogen-bond donors (Lipinski definition) is 1. The molecule has 112 valence electrons. The predicted octanol–water partition coefficient (Wildman–Crippen LogP) is 4.06. The maximum atomic E-state index is 14.1. The summed E-state index contributed by atoms with van der Waals surface area (Å²) in [6, 6.07) is 10.9. The maximum Gasteiger partial charge on any atom is 0.165 e. The Morgan fingerprint density at radius 1 is 1.10 bits per heavy atom. The lowest BCUT2D eigenvalue weighted by Gasteiger charge is -2.21. The van der Waals surface area contributed by atoms with Crippen LogP contribution >= 0.6 is 0 Å². The molecule has 2 rings (SSSR count). The number of halogens is 2. The van der Waals surface area contributed by atoms with Gasteiger partial charge in [-0.05, 0) is 36.7 Å². The highest BCUT2D eigenvalue weighted by Crippen LogP contribution is 2.28. The molecule has 0 aliphatic heterocycles. The van der Waals surface area contributed by atoms with E-state index in [1.807, 2.05) is 6.92 Å². The minimum absolute atomic E-state index is 0.159. The van der Waals surface area contributed by atoms with Crippen molar-refractivity contribution >= 4 is 0 Å². The van der Waals surface area contributed by atoms with Gasteiger partial charge in [0, 0.05) is 5.56 Å². The van der Waals surface area contributed by atoms with Crippen LogP contribution in [0, 0.1) is 11.6 Å². The first-order chi connectivity index (χ1) is 10.2. The molecule has 0 heterocycles. The molecule has 2 aromatic rings. The van der Waals surface area contributed by atoms with E-state index in [0.717, 1.165) is 18.5 Å². The summed E-state index contributed by atoms with van der Waals surface area (Å²) in [6.07, 6.45) is 0.920. The summed E-state index contributed by atoms with van der Waals surface area (Å²) in [5.41, 5.74) is 1.31. The second-order valence-corrected chi connectivity index (χ2v) is 4.80. The van der Waals surface area contributed by atoms with Crippen molar-refractivity contribution in [3.63, 3.8) is 0 Å². The first kappa shape index (κ1) is 15.4. The molecular weight excluding hydrogens is 272 g/mol. The van der Waals surface area contributed by atoms with Crippen LogP contribution in [-0.4, -0.2) is 13.7 Å². The third kappa shape index (κ3) is 3.58. The van der Waals surface area contributed by atoms with Crippen molar-refractivity contribution in [3.05, 3.63) is 65.2 Å². The van der Waals surface area contributed by atoms with Crippen LogP contribution in [0.1, 0.15) is 30.5 Å². The van der Waals surface area contributed by atoms with Gasteiger partial charge in [0.25, 0.3) is 0 Å². The second-order valence-electron chi connectivity index (χ2n) is 4.80. The van der Waals surface area contributed by atoms with E-state index in [-0.39, 0.29) is 17.6 Å². The van der Waals surface area contributed by atoms with Gasteiger partial charge in [-0.3, -0.25) is 0 Å². The molecule has 1 unspecified atom stereocenters. The highest BCUT2D eigenvalue weighted by molar-refractivity contribution is 5.38. The van der Waals surface area contributed by atoms with Gasteiger partial charge in [-0.2, -0.15) is 0 Å². The quantitative estimate of drug-likeness (QED) is 0.866. The second kappa shape index (κ2) is 7.18. The summed E-state index contributed by atoms with van der Waals surface area (Å²) < 4.78 is 32.6. The van der Waals surface area contributed by atoms with Crippen LogP contribution < -0.4 is 10.1 Å². The summed E-state index contributed by atoms with van der Waals surface area (Å²) in [5, 5.41) is 3.30. The van der Waals surface area contributed by atoms with Crippen molar-refractivity contribution in [3.8, 4) is 5.75 Å². The summed E-state index contributed by atoms with van der Waals surface area (Å²) in [4.78, 5) is 0. The minimum atomic E-state index is -0.427. The summed E-state index contributed by atoms with van der Waals surface area (Å²) >= 11 is 0. The van der Waals surface area contributed by atoms with Gasteiger partial charge in [-0.1, -0.05) is 31.2 Å². The summed E-state index contributed by atoms with van der Waals surface area (Å²) in [6.45, 7) is 2.77. The number of nitrogens with one attached hydrogen (secondary N) is 1. The molecule has 0 amide bonds. The molecule has 21 heavy (non-hydrogen) atoms. The molecule has 0 aliphatic rings. The van der Waals surface area contributed by atoms with Gasteiger partial charge >= 0.3 is 0 Å². The Balaban J connectivity index is 2.43. The Morgan fingerprint density at radius 2 is 1.86 bits per heavy atom. The molecule has 0 aliphatic carbocycles. The van der Waals surface area contributed by atoms with Gasteiger partial charge in [0.2, 0.25) is 0 Å². The van der Waals surface area contributed by atoms with E-state index in [4.69, 9.17) is 4.74 Å². The molecule has 0 radical (unpaired) electrons. The highest BCUT2D eigenvalue weighted by Gasteiger charge is 2.18. The molecular formula is C17H19F2NO. The van der Waals surface area contributed by atoms with Crippen LogP contribution in [0.3, 0.4) is 0 Å². The normalized spacial score (nSPS) is 12.2. The molecule has 2 nitrogen and oxygen atoms in total. The molecule has 1 N–H and O–H groups in total. The lowest BCUT2D eigenvalue weighted by molar-refractivity contribution is 0.385. The Hall–Kier alpha value is -1.94. The van der Waals surface area contributed by atoms with Gasteiger partial charge < -0.3 is 10.1 Å². The van der Waals surface area contributed by atoms with Gasteiger partial charge in [0.05, 0.1) is 13.2 Å². The molecule has 4 heteroatoms. The number of methoxy groups -OCH3 is 1. The van der Waals surface area contributed by atoms with E-state index in [1.165, 1.54) is 19.2 Å². The molecule has 0 spiro atoms. The van der Waals surface area contributed by atoms with Gasteiger partial charge in [-0.15, -0.1) is 0 Å². The molecule has 0 saturated heterocycles. The summed E-state index contributed by atoms with van der Waals surface area (Å²) in [5.74, 6) is -0.550. The van der Waals surface area contributed by atoms with Crippen LogP contribution in [0.4, 0.5) is 8.78 Å². The monoisotopic (exact) mass is 291 g/mol. The zero-order valence-electron chi connectivity index (χ0n) is 12.2. The Labute approximate surface area is 123 Å². The van der Waals surface area contributed by atoms with E-state index in [1.54, 1.807) is 30.3 Å². The SMILES string of the molecule is CCCNC(c1ccc(F)c(OC)c1)c1ccccc1F. The van der Waals surface area contributed by atoms with Gasteiger partial charge in [0.1, 0.15) is 5.82 Å². The minimum Gasteiger partial charge on any atom is -0.494 e. The number of rotatable bonds is 6. The maximum absolute atomic E-state index is 14.1. The smallest absolute Gasteiger partial charge is 0.165 e. The van der Waals surface area contributed by atoms with Crippen molar-refractivity contribution in [1.82, 2.24) is 5.32 Å². The van der Waals surface area contributed by atoms with Crippen LogP contribution in [0.5, 0.6) is 5.75 Å². The largest absolute Gasteiger partial charge is 0.494 e. The van der Waals surface area contributed by atoms with Crippen molar-refractivity contribution in [2.45, 2.75) is 19.4 Å². The van der Waals surface area contributed by atoms with Crippen molar-refractivity contribution in [2.24, 2.45) is 0 Å². The first-order valence-corrected chi connectivity index (χ1v) is 6.98. The fourth-order valence-corrected chi connectivity index (χ4v) is 2.26. The third-order valence-electron chi connectivity index (χ3n) is 3.32. The first-order valence-electron chi connectivity index (χ1n) is 6.98. The van der Waals surface area contributed by atoms with E-state index in [2.05, 4.69) is 5.32 Å². The van der Waals surface area contributed by atoms with E-state index in [9.17, 15) is 8.78 Å². The van der Waals surface area contributed by atoms with Gasteiger partial charge in [-0.25, -0.2) is 8.78 Å². The fourth-order valence-electron chi connectivity index (χ4n) is 2.26. The van der Waals surface area contributed by atoms with Crippen LogP contribution in [0.15, 0.2) is 42.5 Å². The van der Waals surface area contributed by atoms with Crippen molar-refractivity contribution in [2.75, 3.05) is 13.7 Å². The fraction of sp³-hybridized carbons (Fsp3) is 0.294. The lowest BCUT2D eigenvalue weighted by Crippen LogP contribution is -2.24. The molecule has 0 aromatic heterocycles. The molecule has 0 fully saturated rings. The predicted molar refractivity (Wildman–Crippen MR) is 79.5 cm³/mol. The van der Waals surface area contributed by atoms with Crippen molar-refractivity contribution in [1.29, 1.82) is 0 Å². The number of benzene rings is 2. The number of ether oxygens (including phenoxy) is 1. The molecule has 1 atom stereocenters. The van der Waals surface area contributed by atoms with Crippen LogP contribution in [-0.2, 0) is 0 Å². The van der Waals surface area contributed by atoms with E-state index < -0.39 is 5.82 Å². The summed E-state index contributed by atoms with van der Waals surface area (Å²) in [7, 11) is 1.42. The third-order valence-corrected chi connectivity index (χ3v) is 3.32. The topological polar surface area (TPSA) is 21.3 Å². The van der Waals surface area contributed by atoms with E-state index in [0.29, 0.717) is 5.56 Å². The zero-order valence-corrected chi connectivity index (χ0v) is 12.2. The number of hydrogen-bond acceptors (Lipinski definition) is 2.